The molecule has 1 heterocycles. The molecule has 0 amide bonds. The fourth-order valence-electron chi connectivity index (χ4n) is 1.39. The molecular weight excluding hydrogens is 256 g/mol. The number of benzene rings is 1. The van der Waals surface area contributed by atoms with E-state index in [-0.39, 0.29) is 0 Å². The van der Waals surface area contributed by atoms with Gasteiger partial charge in [-0.2, -0.15) is 0 Å². The lowest BCUT2D eigenvalue weighted by molar-refractivity contribution is 0.520. The predicted molar refractivity (Wildman–Crippen MR) is 62.3 cm³/mol. The van der Waals surface area contributed by atoms with Crippen LogP contribution in [-0.4, -0.2) is 4.98 Å². The second kappa shape index (κ2) is 4.16. The van der Waals surface area contributed by atoms with Gasteiger partial charge in [0, 0.05) is 10.0 Å². The van der Waals surface area contributed by atoms with Crippen molar-refractivity contribution in [2.75, 3.05) is 0 Å². The van der Waals surface area contributed by atoms with Crippen LogP contribution in [-0.2, 0) is 6.54 Å². The molecule has 2 aromatic rings. The first-order chi connectivity index (χ1) is 7.20. The van der Waals surface area contributed by atoms with Crippen LogP contribution in [0.4, 0.5) is 0 Å². The summed E-state index contributed by atoms with van der Waals surface area (Å²) in [5, 5.41) is 0. The third-order valence-corrected chi connectivity index (χ3v) is 2.67. The molecule has 0 bridgehead atoms. The average Bonchev–Trinajstić information content (AvgIpc) is 2.66. The van der Waals surface area contributed by atoms with Crippen molar-refractivity contribution in [1.82, 2.24) is 4.98 Å². The predicted octanol–water partition coefficient (Wildman–Crippen LogP) is 2.87. The highest BCUT2D eigenvalue weighted by atomic mass is 79.9. The molecule has 0 saturated carbocycles. The first-order valence-electron chi connectivity index (χ1n) is 4.62. The number of aromatic nitrogens is 1. The number of nitrogens with zero attached hydrogens (tertiary/aromatic N) is 1. The Labute approximate surface area is 96.4 Å². The number of oxazole rings is 1. The van der Waals surface area contributed by atoms with Gasteiger partial charge < -0.3 is 10.2 Å². The minimum atomic E-state index is 0.378. The van der Waals surface area contributed by atoms with Crippen molar-refractivity contribution in [1.29, 1.82) is 0 Å². The molecule has 0 atom stereocenters. The Bertz CT molecular complexity index is 479. The van der Waals surface area contributed by atoms with Gasteiger partial charge in [-0.1, -0.05) is 15.9 Å². The van der Waals surface area contributed by atoms with Gasteiger partial charge in [0.1, 0.15) is 5.76 Å². The Morgan fingerprint density at radius 1 is 1.47 bits per heavy atom. The standard InChI is InChI=1S/C11H11BrN2O/c1-7-4-8(12)2-3-10(7)11-14-6-9(5-13)15-11/h2-4,6H,5,13H2,1H3. The summed E-state index contributed by atoms with van der Waals surface area (Å²) in [6, 6.07) is 5.97. The van der Waals surface area contributed by atoms with Crippen LogP contribution in [0, 0.1) is 6.92 Å². The number of hydrogen-bond acceptors (Lipinski definition) is 3. The monoisotopic (exact) mass is 266 g/mol. The largest absolute Gasteiger partial charge is 0.440 e. The SMILES string of the molecule is Cc1cc(Br)ccc1-c1ncc(CN)o1. The van der Waals surface area contributed by atoms with Crippen LogP contribution in [0.3, 0.4) is 0 Å². The minimum Gasteiger partial charge on any atom is -0.440 e. The quantitative estimate of drug-likeness (QED) is 0.910. The molecule has 0 fully saturated rings. The lowest BCUT2D eigenvalue weighted by Crippen LogP contribution is -1.92. The zero-order valence-corrected chi connectivity index (χ0v) is 9.91. The summed E-state index contributed by atoms with van der Waals surface area (Å²) >= 11 is 3.42. The highest BCUT2D eigenvalue weighted by Crippen LogP contribution is 2.25. The maximum absolute atomic E-state index is 5.49. The van der Waals surface area contributed by atoms with E-state index in [0.29, 0.717) is 18.2 Å². The molecule has 4 heteroatoms. The maximum atomic E-state index is 5.49. The molecule has 0 unspecified atom stereocenters. The van der Waals surface area contributed by atoms with Crippen LogP contribution in [0.15, 0.2) is 33.3 Å². The second-order valence-electron chi connectivity index (χ2n) is 3.30. The lowest BCUT2D eigenvalue weighted by Gasteiger charge is -2.01. The normalized spacial score (nSPS) is 10.6. The summed E-state index contributed by atoms with van der Waals surface area (Å²) in [4.78, 5) is 4.19. The van der Waals surface area contributed by atoms with Crippen LogP contribution in [0.5, 0.6) is 0 Å². The second-order valence-corrected chi connectivity index (χ2v) is 4.21. The molecule has 0 saturated heterocycles. The summed E-state index contributed by atoms with van der Waals surface area (Å²) in [7, 11) is 0. The average molecular weight is 267 g/mol. The Morgan fingerprint density at radius 2 is 2.27 bits per heavy atom. The molecule has 0 aliphatic carbocycles. The maximum Gasteiger partial charge on any atom is 0.226 e. The van der Waals surface area contributed by atoms with Gasteiger partial charge in [0.25, 0.3) is 0 Å². The number of aryl methyl sites for hydroxylation is 1. The van der Waals surface area contributed by atoms with Gasteiger partial charge >= 0.3 is 0 Å². The van der Waals surface area contributed by atoms with Crippen molar-refractivity contribution >= 4 is 15.9 Å². The van der Waals surface area contributed by atoms with E-state index in [4.69, 9.17) is 10.2 Å². The molecule has 15 heavy (non-hydrogen) atoms. The van der Waals surface area contributed by atoms with Gasteiger partial charge in [0.05, 0.1) is 12.7 Å². The molecule has 2 rings (SSSR count). The van der Waals surface area contributed by atoms with Gasteiger partial charge in [-0.3, -0.25) is 0 Å². The molecule has 2 N–H and O–H groups in total. The molecule has 0 spiro atoms. The van der Waals surface area contributed by atoms with E-state index in [1.54, 1.807) is 6.20 Å². The Balaban J connectivity index is 2.44. The van der Waals surface area contributed by atoms with Gasteiger partial charge in [-0.05, 0) is 30.7 Å². The topological polar surface area (TPSA) is 52.0 Å². The van der Waals surface area contributed by atoms with Crippen molar-refractivity contribution in [3.8, 4) is 11.5 Å². The number of nitrogens with two attached hydrogens (primary N) is 1. The fourth-order valence-corrected chi connectivity index (χ4v) is 1.87. The highest BCUT2D eigenvalue weighted by molar-refractivity contribution is 9.10. The van der Waals surface area contributed by atoms with E-state index in [2.05, 4.69) is 20.9 Å². The van der Waals surface area contributed by atoms with Crippen molar-refractivity contribution in [3.63, 3.8) is 0 Å². The third kappa shape index (κ3) is 2.11. The van der Waals surface area contributed by atoms with Crippen molar-refractivity contribution in [2.45, 2.75) is 13.5 Å². The third-order valence-electron chi connectivity index (χ3n) is 2.17. The molecule has 1 aromatic heterocycles. The lowest BCUT2D eigenvalue weighted by atomic mass is 10.1. The Kier molecular flexibility index (Phi) is 2.88. The zero-order chi connectivity index (χ0) is 10.8. The van der Waals surface area contributed by atoms with Crippen LogP contribution >= 0.6 is 15.9 Å². The molecule has 3 nitrogen and oxygen atoms in total. The van der Waals surface area contributed by atoms with E-state index >= 15 is 0 Å². The number of halogens is 1. The van der Waals surface area contributed by atoms with Crippen LogP contribution in [0.2, 0.25) is 0 Å². The smallest absolute Gasteiger partial charge is 0.226 e. The molecule has 1 aromatic carbocycles. The zero-order valence-electron chi connectivity index (χ0n) is 8.33. The first-order valence-corrected chi connectivity index (χ1v) is 5.41. The van der Waals surface area contributed by atoms with Crippen molar-refractivity contribution < 1.29 is 4.42 Å². The van der Waals surface area contributed by atoms with Gasteiger partial charge in [0.2, 0.25) is 5.89 Å². The summed E-state index contributed by atoms with van der Waals surface area (Å²) in [5.74, 6) is 1.33. The number of hydrogen-bond donors (Lipinski definition) is 1. The van der Waals surface area contributed by atoms with Crippen LogP contribution in [0.25, 0.3) is 11.5 Å². The molecule has 0 aliphatic rings. The van der Waals surface area contributed by atoms with Crippen molar-refractivity contribution in [3.05, 3.63) is 40.2 Å². The summed E-state index contributed by atoms with van der Waals surface area (Å²) in [6.45, 7) is 2.40. The molecule has 78 valence electrons. The van der Waals surface area contributed by atoms with E-state index in [1.807, 2.05) is 25.1 Å². The highest BCUT2D eigenvalue weighted by Gasteiger charge is 2.08. The van der Waals surface area contributed by atoms with E-state index < -0.39 is 0 Å². The van der Waals surface area contributed by atoms with Gasteiger partial charge in [-0.25, -0.2) is 4.98 Å². The number of rotatable bonds is 2. The van der Waals surface area contributed by atoms with E-state index in [9.17, 15) is 0 Å². The summed E-state index contributed by atoms with van der Waals surface area (Å²) < 4.78 is 6.54. The van der Waals surface area contributed by atoms with Crippen molar-refractivity contribution in [2.24, 2.45) is 5.73 Å². The molecule has 0 aliphatic heterocycles. The van der Waals surface area contributed by atoms with Gasteiger partial charge in [0.15, 0.2) is 0 Å². The minimum absolute atomic E-state index is 0.378. The van der Waals surface area contributed by atoms with Gasteiger partial charge in [-0.15, -0.1) is 0 Å². The summed E-state index contributed by atoms with van der Waals surface area (Å²) in [5.41, 5.74) is 7.58. The van der Waals surface area contributed by atoms with Crippen LogP contribution in [0.1, 0.15) is 11.3 Å². The summed E-state index contributed by atoms with van der Waals surface area (Å²) in [6.07, 6.45) is 1.66. The van der Waals surface area contributed by atoms with Crippen LogP contribution < -0.4 is 5.73 Å². The molecular formula is C11H11BrN2O. The first kappa shape index (κ1) is 10.4. The van der Waals surface area contributed by atoms with E-state index in [1.165, 1.54) is 0 Å². The Hall–Kier alpha value is -1.13. The fraction of sp³-hybridized carbons (Fsp3) is 0.182. The Morgan fingerprint density at radius 3 is 2.87 bits per heavy atom. The van der Waals surface area contributed by atoms with E-state index in [0.717, 1.165) is 15.6 Å². The molecule has 0 radical (unpaired) electrons.